The lowest BCUT2D eigenvalue weighted by Crippen LogP contribution is -2.73. The molecule has 18 heteroatoms. The van der Waals surface area contributed by atoms with Crippen LogP contribution in [-0.4, -0.2) is 52.8 Å². The molecule has 0 aliphatic carbocycles. The molecule has 0 fully saturated rings. The molecule has 2 nitrogen and oxygen atoms in total. The topological polar surface area (TPSA) is 37.3 Å². The van der Waals surface area contributed by atoms with Gasteiger partial charge in [-0.25, -0.2) is 4.79 Å². The lowest BCUT2D eigenvalue weighted by Gasteiger charge is -2.40. The average molecular weight is 524 g/mol. The van der Waals surface area contributed by atoms with E-state index in [4.69, 9.17) is 5.11 Å². The van der Waals surface area contributed by atoms with Crippen LogP contribution in [-0.2, 0) is 4.79 Å². The SMILES string of the molecule is O=C(O)C(F)(F)C(F)(F)C(F)(F)C(F)(F)C(F)(F)C(F)(F)C(F)(F)F.Sc1ccccc1. The van der Waals surface area contributed by atoms with Crippen LogP contribution in [0.15, 0.2) is 35.2 Å². The fourth-order valence-corrected chi connectivity index (χ4v) is 1.70. The molecule has 1 aromatic rings. The molecule has 0 saturated heterocycles. The number of carbonyl (C=O) groups is 1. The van der Waals surface area contributed by atoms with Crippen molar-refractivity contribution in [3.8, 4) is 0 Å². The van der Waals surface area contributed by atoms with Crippen molar-refractivity contribution in [1.29, 1.82) is 0 Å². The largest absolute Gasteiger partial charge is 0.477 e. The van der Waals surface area contributed by atoms with Gasteiger partial charge in [-0.1, -0.05) is 18.2 Å². The van der Waals surface area contributed by atoms with Crippen molar-refractivity contribution in [2.45, 2.75) is 46.6 Å². The molecule has 1 N–H and O–H groups in total. The Morgan fingerprint density at radius 2 is 0.906 bits per heavy atom. The molecular formula is C14H7F15O2S. The van der Waals surface area contributed by atoms with Crippen molar-refractivity contribution in [2.24, 2.45) is 0 Å². The Morgan fingerprint density at radius 3 is 1.16 bits per heavy atom. The van der Waals surface area contributed by atoms with E-state index in [0.29, 0.717) is 0 Å². The maximum absolute atomic E-state index is 12.8. The number of thiol groups is 1. The van der Waals surface area contributed by atoms with E-state index in [1.165, 1.54) is 0 Å². The molecule has 0 spiro atoms. The van der Waals surface area contributed by atoms with Gasteiger partial charge in [0.05, 0.1) is 0 Å². The molecule has 1 rings (SSSR count). The lowest BCUT2D eigenvalue weighted by atomic mass is 9.91. The second kappa shape index (κ2) is 8.74. The van der Waals surface area contributed by atoms with Gasteiger partial charge in [0.1, 0.15) is 0 Å². The summed E-state index contributed by atoms with van der Waals surface area (Å²) in [6, 6.07) is 9.79. The van der Waals surface area contributed by atoms with E-state index in [2.05, 4.69) is 12.6 Å². The average Bonchev–Trinajstić information content (AvgIpc) is 2.60. The number of benzene rings is 1. The van der Waals surface area contributed by atoms with Crippen LogP contribution in [0, 0.1) is 0 Å². The number of carboxylic acid groups (broad SMARTS) is 1. The first-order valence-corrected chi connectivity index (χ1v) is 7.59. The van der Waals surface area contributed by atoms with E-state index in [9.17, 15) is 70.7 Å². The molecule has 186 valence electrons. The molecule has 0 unspecified atom stereocenters. The van der Waals surface area contributed by atoms with Crippen LogP contribution in [0.1, 0.15) is 0 Å². The van der Waals surface area contributed by atoms with Crippen LogP contribution in [0.2, 0.25) is 0 Å². The molecule has 0 aromatic heterocycles. The van der Waals surface area contributed by atoms with Crippen molar-refractivity contribution in [3.05, 3.63) is 30.3 Å². The van der Waals surface area contributed by atoms with Crippen LogP contribution in [0.3, 0.4) is 0 Å². The fraction of sp³-hybridized carbons (Fsp3) is 0.500. The number of aliphatic carboxylic acids is 1. The predicted molar refractivity (Wildman–Crippen MR) is 77.1 cm³/mol. The quantitative estimate of drug-likeness (QED) is 0.333. The normalized spacial score (nSPS) is 14.5. The minimum Gasteiger partial charge on any atom is -0.477 e. The van der Waals surface area contributed by atoms with Gasteiger partial charge in [-0.05, 0) is 12.1 Å². The number of rotatable bonds is 6. The number of hydrogen-bond donors (Lipinski definition) is 2. The molecule has 0 bridgehead atoms. The summed E-state index contributed by atoms with van der Waals surface area (Å²) in [5.41, 5.74) is 0. The van der Waals surface area contributed by atoms with E-state index in [1.54, 1.807) is 0 Å². The van der Waals surface area contributed by atoms with Crippen molar-refractivity contribution in [2.75, 3.05) is 0 Å². The van der Waals surface area contributed by atoms with Crippen LogP contribution in [0.5, 0.6) is 0 Å². The number of carboxylic acids is 1. The van der Waals surface area contributed by atoms with Crippen molar-refractivity contribution in [1.82, 2.24) is 0 Å². The maximum Gasteiger partial charge on any atom is 0.460 e. The third kappa shape index (κ3) is 4.68. The van der Waals surface area contributed by atoms with Gasteiger partial charge >= 0.3 is 47.7 Å². The van der Waals surface area contributed by atoms with Crippen molar-refractivity contribution < 1.29 is 75.8 Å². The second-order valence-electron chi connectivity index (χ2n) is 5.58. The van der Waals surface area contributed by atoms with Crippen molar-refractivity contribution in [3.63, 3.8) is 0 Å². The van der Waals surface area contributed by atoms with Gasteiger partial charge in [-0.3, -0.25) is 0 Å². The molecule has 0 aliphatic rings. The van der Waals surface area contributed by atoms with E-state index >= 15 is 0 Å². The number of alkyl halides is 15. The zero-order chi connectivity index (χ0) is 26.2. The number of halogens is 15. The molecule has 0 saturated carbocycles. The minimum absolute atomic E-state index is 1.02. The summed E-state index contributed by atoms with van der Waals surface area (Å²) in [4.78, 5) is 10.7. The van der Waals surface area contributed by atoms with Crippen LogP contribution in [0.25, 0.3) is 0 Å². The summed E-state index contributed by atoms with van der Waals surface area (Å²) < 4.78 is 187. The van der Waals surface area contributed by atoms with E-state index < -0.39 is 47.7 Å². The highest BCUT2D eigenvalue weighted by Crippen LogP contribution is 2.62. The first-order valence-electron chi connectivity index (χ1n) is 7.15. The first-order chi connectivity index (χ1) is 13.8. The van der Waals surface area contributed by atoms with Gasteiger partial charge in [-0.15, -0.1) is 12.6 Å². The molecule has 32 heavy (non-hydrogen) atoms. The Bertz CT molecular complexity index is 789. The highest BCUT2D eigenvalue weighted by Gasteiger charge is 2.94. The van der Waals surface area contributed by atoms with Gasteiger partial charge in [0.25, 0.3) is 0 Å². The van der Waals surface area contributed by atoms with E-state index in [-0.39, 0.29) is 0 Å². The molecule has 1 aromatic carbocycles. The minimum atomic E-state index is -8.47. The third-order valence-corrected chi connectivity index (χ3v) is 3.65. The van der Waals surface area contributed by atoms with Gasteiger partial charge in [0.2, 0.25) is 0 Å². The van der Waals surface area contributed by atoms with Crippen LogP contribution >= 0.6 is 12.6 Å². The Morgan fingerprint density at radius 1 is 0.594 bits per heavy atom. The summed E-state index contributed by atoms with van der Waals surface area (Å²) in [6.45, 7) is 0. The van der Waals surface area contributed by atoms with E-state index in [1.807, 2.05) is 30.3 Å². The summed E-state index contributed by atoms with van der Waals surface area (Å²) in [6.07, 6.45) is -7.69. The first kappa shape index (κ1) is 30.0. The smallest absolute Gasteiger partial charge is 0.460 e. The third-order valence-electron chi connectivity index (χ3n) is 3.35. The molecule has 0 radical (unpaired) electrons. The maximum atomic E-state index is 12.8. The molecule has 0 aliphatic heterocycles. The van der Waals surface area contributed by atoms with Gasteiger partial charge in [0, 0.05) is 4.90 Å². The van der Waals surface area contributed by atoms with Gasteiger partial charge in [-0.2, -0.15) is 65.9 Å². The van der Waals surface area contributed by atoms with Gasteiger partial charge < -0.3 is 5.11 Å². The number of hydrogen-bond acceptors (Lipinski definition) is 2. The molecule has 0 atom stereocenters. The van der Waals surface area contributed by atoms with E-state index in [0.717, 1.165) is 4.90 Å². The Balaban J connectivity index is 0.00000115. The monoisotopic (exact) mass is 524 g/mol. The lowest BCUT2D eigenvalue weighted by molar-refractivity contribution is -0.450. The molecule has 0 heterocycles. The molecular weight excluding hydrogens is 517 g/mol. The summed E-state index contributed by atoms with van der Waals surface area (Å²) in [7, 11) is 0. The fourth-order valence-electron chi connectivity index (χ4n) is 1.53. The Hall–Kier alpha value is -2.01. The Labute approximate surface area is 172 Å². The summed E-state index contributed by atoms with van der Waals surface area (Å²) >= 11 is 4.08. The van der Waals surface area contributed by atoms with Crippen LogP contribution < -0.4 is 0 Å². The Kier molecular flexibility index (Phi) is 8.19. The summed E-state index contributed by atoms with van der Waals surface area (Å²) in [5.74, 6) is -52.8. The highest BCUT2D eigenvalue weighted by molar-refractivity contribution is 7.80. The highest BCUT2D eigenvalue weighted by atomic mass is 32.1. The standard InChI is InChI=1S/C8HF15O2.C6H6S/c9-2(10,1(24)25)3(11,12)4(13,14)5(15,16)6(17,18)7(19,20)8(21,22)23;7-6-4-2-1-3-5-6/h(H,24,25);1-5,7H. The zero-order valence-electron chi connectivity index (χ0n) is 14.4. The molecule has 0 amide bonds. The van der Waals surface area contributed by atoms with Crippen LogP contribution in [0.4, 0.5) is 65.9 Å². The van der Waals surface area contributed by atoms with Gasteiger partial charge in [0.15, 0.2) is 0 Å². The van der Waals surface area contributed by atoms with Crippen molar-refractivity contribution >= 4 is 18.6 Å². The predicted octanol–water partition coefficient (Wildman–Crippen LogP) is 6.42. The zero-order valence-corrected chi connectivity index (χ0v) is 15.3. The summed E-state index contributed by atoms with van der Waals surface area (Å²) in [5, 5.41) is 7.57. The second-order valence-corrected chi connectivity index (χ2v) is 6.10.